The summed E-state index contributed by atoms with van der Waals surface area (Å²) in [5.41, 5.74) is 1.20. The van der Waals surface area contributed by atoms with E-state index in [1.807, 2.05) is 13.0 Å². The maximum atomic E-state index is 5.70. The maximum Gasteiger partial charge on any atom is 0.0257 e. The Labute approximate surface area is 68.6 Å². The highest BCUT2D eigenvalue weighted by Crippen LogP contribution is 2.15. The molecule has 1 unspecified atom stereocenters. The van der Waals surface area contributed by atoms with Gasteiger partial charge in [-0.1, -0.05) is 11.6 Å². The summed E-state index contributed by atoms with van der Waals surface area (Å²) in [6.45, 7) is 9.53. The van der Waals surface area contributed by atoms with Crippen molar-refractivity contribution in [2.45, 2.75) is 19.8 Å². The second kappa shape index (κ2) is 5.55. The van der Waals surface area contributed by atoms with Gasteiger partial charge in [0.05, 0.1) is 0 Å². The number of rotatable bonds is 5. The van der Waals surface area contributed by atoms with Crippen LogP contribution in [0.1, 0.15) is 19.8 Å². The molecule has 0 aliphatic heterocycles. The number of hydrogen-bond donors (Lipinski definition) is 0. The van der Waals surface area contributed by atoms with E-state index < -0.39 is 0 Å². The van der Waals surface area contributed by atoms with Gasteiger partial charge in [-0.25, -0.2) is 0 Å². The Morgan fingerprint density at radius 3 is 2.60 bits per heavy atom. The smallest absolute Gasteiger partial charge is 0.0257 e. The Morgan fingerprint density at radius 1 is 1.70 bits per heavy atom. The van der Waals surface area contributed by atoms with Gasteiger partial charge in [0, 0.05) is 5.88 Å². The van der Waals surface area contributed by atoms with Crippen molar-refractivity contribution in [3.05, 3.63) is 24.8 Å². The first-order valence-electron chi connectivity index (χ1n) is 3.52. The molecule has 0 aliphatic carbocycles. The van der Waals surface area contributed by atoms with E-state index in [1.54, 1.807) is 0 Å². The van der Waals surface area contributed by atoms with E-state index >= 15 is 0 Å². The Morgan fingerprint density at radius 2 is 2.30 bits per heavy atom. The molecule has 0 heterocycles. The van der Waals surface area contributed by atoms with Crippen molar-refractivity contribution in [1.29, 1.82) is 0 Å². The van der Waals surface area contributed by atoms with Gasteiger partial charge >= 0.3 is 0 Å². The molecule has 0 radical (unpaired) electrons. The summed E-state index contributed by atoms with van der Waals surface area (Å²) < 4.78 is 0. The third-order valence-electron chi connectivity index (χ3n) is 1.36. The molecule has 0 aromatic heterocycles. The molecule has 1 heteroatoms. The van der Waals surface area contributed by atoms with E-state index in [1.165, 1.54) is 5.57 Å². The molecule has 0 amide bonds. The Bertz CT molecular complexity index is 116. The molecule has 0 fully saturated rings. The van der Waals surface area contributed by atoms with Crippen LogP contribution in [-0.2, 0) is 0 Å². The van der Waals surface area contributed by atoms with Crippen molar-refractivity contribution in [2.75, 3.05) is 5.88 Å². The molecule has 10 heavy (non-hydrogen) atoms. The van der Waals surface area contributed by atoms with E-state index in [2.05, 4.69) is 13.2 Å². The number of alkyl halides is 1. The van der Waals surface area contributed by atoms with Gasteiger partial charge in [0.2, 0.25) is 0 Å². The van der Waals surface area contributed by atoms with Crippen LogP contribution in [0.3, 0.4) is 0 Å². The van der Waals surface area contributed by atoms with E-state index in [9.17, 15) is 0 Å². The van der Waals surface area contributed by atoms with Crippen LogP contribution in [0.25, 0.3) is 0 Å². The van der Waals surface area contributed by atoms with Crippen LogP contribution in [0, 0.1) is 5.92 Å². The fourth-order valence-corrected chi connectivity index (χ4v) is 1.16. The van der Waals surface area contributed by atoms with Crippen LogP contribution in [-0.4, -0.2) is 5.88 Å². The highest BCUT2D eigenvalue weighted by Gasteiger charge is 2.03. The molecule has 0 spiro atoms. The zero-order chi connectivity index (χ0) is 7.98. The standard InChI is InChI=1S/C9H15Cl/c1-4-5-9(7-10)6-8(2)3/h4,9H,1-2,5-7H2,3H3. The second-order valence-corrected chi connectivity index (χ2v) is 3.01. The first-order valence-corrected chi connectivity index (χ1v) is 4.05. The molecular weight excluding hydrogens is 144 g/mol. The highest BCUT2D eigenvalue weighted by molar-refractivity contribution is 6.18. The van der Waals surface area contributed by atoms with Crippen molar-refractivity contribution >= 4 is 11.6 Å². The van der Waals surface area contributed by atoms with Gasteiger partial charge in [0.25, 0.3) is 0 Å². The lowest BCUT2D eigenvalue weighted by Crippen LogP contribution is -2.00. The van der Waals surface area contributed by atoms with E-state index in [0.29, 0.717) is 11.8 Å². The zero-order valence-electron chi connectivity index (χ0n) is 6.57. The topological polar surface area (TPSA) is 0 Å². The molecule has 0 aliphatic rings. The van der Waals surface area contributed by atoms with Crippen LogP contribution in [0.5, 0.6) is 0 Å². The summed E-state index contributed by atoms with van der Waals surface area (Å²) in [5, 5.41) is 0. The molecule has 0 nitrogen and oxygen atoms in total. The van der Waals surface area contributed by atoms with Crippen molar-refractivity contribution in [2.24, 2.45) is 5.92 Å². The summed E-state index contributed by atoms with van der Waals surface area (Å²) in [7, 11) is 0. The third-order valence-corrected chi connectivity index (χ3v) is 1.79. The third kappa shape index (κ3) is 4.63. The van der Waals surface area contributed by atoms with Crippen molar-refractivity contribution in [1.82, 2.24) is 0 Å². The molecular formula is C9H15Cl. The minimum absolute atomic E-state index is 0.539. The quantitative estimate of drug-likeness (QED) is 0.425. The van der Waals surface area contributed by atoms with Gasteiger partial charge in [0.1, 0.15) is 0 Å². The number of hydrogen-bond acceptors (Lipinski definition) is 0. The molecule has 58 valence electrons. The molecule has 0 aromatic carbocycles. The zero-order valence-corrected chi connectivity index (χ0v) is 7.32. The lowest BCUT2D eigenvalue weighted by Gasteiger charge is -2.09. The van der Waals surface area contributed by atoms with E-state index in [-0.39, 0.29) is 0 Å². The molecule has 0 bridgehead atoms. The predicted molar refractivity (Wildman–Crippen MR) is 48.5 cm³/mol. The van der Waals surface area contributed by atoms with Gasteiger partial charge in [-0.2, -0.15) is 0 Å². The summed E-state index contributed by atoms with van der Waals surface area (Å²) in [6.07, 6.45) is 3.93. The monoisotopic (exact) mass is 158 g/mol. The average molecular weight is 159 g/mol. The van der Waals surface area contributed by atoms with E-state index in [4.69, 9.17) is 11.6 Å². The fraction of sp³-hybridized carbons (Fsp3) is 0.556. The van der Waals surface area contributed by atoms with Crippen molar-refractivity contribution < 1.29 is 0 Å². The molecule has 0 rings (SSSR count). The molecule has 0 aromatic rings. The summed E-state index contributed by atoms with van der Waals surface area (Å²) in [4.78, 5) is 0. The molecule has 0 saturated carbocycles. The van der Waals surface area contributed by atoms with Crippen LogP contribution >= 0.6 is 11.6 Å². The van der Waals surface area contributed by atoms with Gasteiger partial charge in [-0.15, -0.1) is 24.8 Å². The second-order valence-electron chi connectivity index (χ2n) is 2.71. The molecule has 1 atom stereocenters. The predicted octanol–water partition coefficient (Wildman–Crippen LogP) is 3.38. The van der Waals surface area contributed by atoms with Crippen LogP contribution in [0.15, 0.2) is 24.8 Å². The van der Waals surface area contributed by atoms with Crippen molar-refractivity contribution in [3.63, 3.8) is 0 Å². The van der Waals surface area contributed by atoms with Gasteiger partial charge in [-0.3, -0.25) is 0 Å². The number of allylic oxidation sites excluding steroid dienone is 2. The molecule has 0 N–H and O–H groups in total. The summed E-state index contributed by atoms with van der Waals surface area (Å²) in [6, 6.07) is 0. The largest absolute Gasteiger partial charge is 0.126 e. The average Bonchev–Trinajstić information content (AvgIpc) is 1.86. The van der Waals surface area contributed by atoms with Crippen LogP contribution in [0.2, 0.25) is 0 Å². The maximum absolute atomic E-state index is 5.70. The normalized spacial score (nSPS) is 12.6. The first-order chi connectivity index (χ1) is 4.70. The van der Waals surface area contributed by atoms with Crippen molar-refractivity contribution in [3.8, 4) is 0 Å². The number of halogens is 1. The Balaban J connectivity index is 3.59. The van der Waals surface area contributed by atoms with Gasteiger partial charge in [0.15, 0.2) is 0 Å². The van der Waals surface area contributed by atoms with Crippen LogP contribution in [0.4, 0.5) is 0 Å². The minimum Gasteiger partial charge on any atom is -0.126 e. The fourth-order valence-electron chi connectivity index (χ4n) is 0.929. The van der Waals surface area contributed by atoms with Gasteiger partial charge in [-0.05, 0) is 25.7 Å². The SMILES string of the molecule is C=CCC(CCl)CC(=C)C. The van der Waals surface area contributed by atoms with E-state index in [0.717, 1.165) is 12.8 Å². The lowest BCUT2D eigenvalue weighted by molar-refractivity contribution is 0.595. The van der Waals surface area contributed by atoms with Gasteiger partial charge < -0.3 is 0 Å². The lowest BCUT2D eigenvalue weighted by atomic mass is 10.00. The highest BCUT2D eigenvalue weighted by atomic mass is 35.5. The minimum atomic E-state index is 0.539. The summed E-state index contributed by atoms with van der Waals surface area (Å²) in [5.74, 6) is 1.25. The first kappa shape index (κ1) is 9.77. The Kier molecular flexibility index (Phi) is 5.42. The van der Waals surface area contributed by atoms with Crippen LogP contribution < -0.4 is 0 Å². The molecule has 0 saturated heterocycles. The Hall–Kier alpha value is -0.230. The summed E-state index contributed by atoms with van der Waals surface area (Å²) >= 11 is 5.70.